The minimum absolute atomic E-state index is 0.313. The second-order valence-corrected chi connectivity index (χ2v) is 6.63. The number of pyridine rings is 2. The minimum Gasteiger partial charge on any atom is -0.397 e. The number of benzene rings is 1. The molecule has 3 heterocycles. The zero-order chi connectivity index (χ0) is 19.0. The number of amides is 1. The average molecular weight is 358 g/mol. The van der Waals surface area contributed by atoms with E-state index < -0.39 is 5.60 Å². The Labute approximate surface area is 156 Å². The molecule has 6 heteroatoms. The zero-order valence-electron chi connectivity index (χ0n) is 14.8. The van der Waals surface area contributed by atoms with Gasteiger partial charge in [-0.2, -0.15) is 0 Å². The number of hydrogen-bond acceptors (Lipinski definition) is 5. The average Bonchev–Trinajstić information content (AvgIpc) is 2.95. The first-order chi connectivity index (χ1) is 13.0. The number of rotatable bonds is 1. The molecule has 1 aliphatic rings. The molecule has 2 aromatic heterocycles. The van der Waals surface area contributed by atoms with E-state index in [4.69, 9.17) is 5.73 Å². The standard InChI is InChI=1S/C21H18N4O2/c1-25-12-10-21(27,20(25)26)9-7-14-3-2-4-15(13-14)17-5-6-18-19(24-17)16(22)8-11-23-18/h2-6,8,11,13,27H,10,12H2,1H3,(H2,22,23)/t21-/m0/s1. The lowest BCUT2D eigenvalue weighted by atomic mass is 10.0. The van der Waals surface area contributed by atoms with Gasteiger partial charge in [0.15, 0.2) is 0 Å². The van der Waals surface area contributed by atoms with Gasteiger partial charge in [0, 0.05) is 37.3 Å². The molecule has 6 nitrogen and oxygen atoms in total. The van der Waals surface area contributed by atoms with E-state index in [1.807, 2.05) is 36.4 Å². The van der Waals surface area contributed by atoms with Gasteiger partial charge in [-0.05, 0) is 30.3 Å². The predicted molar refractivity (Wildman–Crippen MR) is 103 cm³/mol. The summed E-state index contributed by atoms with van der Waals surface area (Å²) in [4.78, 5) is 22.4. The molecule has 1 saturated heterocycles. The van der Waals surface area contributed by atoms with Crippen LogP contribution in [0.4, 0.5) is 5.69 Å². The van der Waals surface area contributed by atoms with Gasteiger partial charge in [0.1, 0.15) is 5.52 Å². The molecule has 4 rings (SSSR count). The van der Waals surface area contributed by atoms with Crippen LogP contribution in [0.25, 0.3) is 22.3 Å². The van der Waals surface area contributed by atoms with Crippen LogP contribution >= 0.6 is 0 Å². The number of likely N-dealkylation sites (tertiary alicyclic amines) is 1. The van der Waals surface area contributed by atoms with Crippen LogP contribution in [0.15, 0.2) is 48.7 Å². The SMILES string of the molecule is CN1CC[C@@](O)(C#Cc2cccc(-c3ccc4nccc(N)c4n3)c2)C1=O. The van der Waals surface area contributed by atoms with Gasteiger partial charge >= 0.3 is 0 Å². The first-order valence-electron chi connectivity index (χ1n) is 8.59. The molecule has 3 aromatic rings. The lowest BCUT2D eigenvalue weighted by molar-refractivity contribution is -0.137. The quantitative estimate of drug-likeness (QED) is 0.648. The molecule has 134 valence electrons. The van der Waals surface area contributed by atoms with Crippen molar-refractivity contribution in [1.82, 2.24) is 14.9 Å². The third-order valence-corrected chi connectivity index (χ3v) is 4.70. The first-order valence-corrected chi connectivity index (χ1v) is 8.59. The lowest BCUT2D eigenvalue weighted by Gasteiger charge is -2.13. The Morgan fingerprint density at radius 2 is 2.11 bits per heavy atom. The van der Waals surface area contributed by atoms with Crippen LogP contribution in [0.3, 0.4) is 0 Å². The second kappa shape index (κ2) is 6.38. The van der Waals surface area contributed by atoms with Gasteiger partial charge in [0.2, 0.25) is 5.60 Å². The molecule has 1 aliphatic heterocycles. The third kappa shape index (κ3) is 3.09. The van der Waals surface area contributed by atoms with Crippen molar-refractivity contribution < 1.29 is 9.90 Å². The summed E-state index contributed by atoms with van der Waals surface area (Å²) in [6.45, 7) is 0.501. The monoisotopic (exact) mass is 358 g/mol. The van der Waals surface area contributed by atoms with Gasteiger partial charge in [-0.25, -0.2) is 4.98 Å². The van der Waals surface area contributed by atoms with E-state index >= 15 is 0 Å². The summed E-state index contributed by atoms with van der Waals surface area (Å²) in [5.41, 5.74) is 8.68. The van der Waals surface area contributed by atoms with Crippen LogP contribution < -0.4 is 5.73 Å². The normalized spacial score (nSPS) is 19.2. The van der Waals surface area contributed by atoms with Crippen molar-refractivity contribution in [2.45, 2.75) is 12.0 Å². The molecule has 0 unspecified atom stereocenters. The molecule has 0 saturated carbocycles. The molecule has 0 bridgehead atoms. The van der Waals surface area contributed by atoms with E-state index in [0.717, 1.165) is 16.8 Å². The number of carbonyl (C=O) groups is 1. The molecule has 0 aliphatic carbocycles. The summed E-state index contributed by atoms with van der Waals surface area (Å²) >= 11 is 0. The highest BCUT2D eigenvalue weighted by molar-refractivity contribution is 5.90. The summed E-state index contributed by atoms with van der Waals surface area (Å²) < 4.78 is 0. The van der Waals surface area contributed by atoms with Crippen molar-refractivity contribution in [3.8, 4) is 23.1 Å². The smallest absolute Gasteiger partial charge is 0.267 e. The largest absolute Gasteiger partial charge is 0.397 e. The van der Waals surface area contributed by atoms with E-state index in [0.29, 0.717) is 29.7 Å². The minimum atomic E-state index is -1.61. The number of likely N-dealkylation sites (N-methyl/N-ethyl adjacent to an activating group) is 1. The Morgan fingerprint density at radius 3 is 2.89 bits per heavy atom. The van der Waals surface area contributed by atoms with Crippen LogP contribution in [0.5, 0.6) is 0 Å². The maximum absolute atomic E-state index is 12.0. The van der Waals surface area contributed by atoms with E-state index in [-0.39, 0.29) is 5.91 Å². The number of nitrogens with zero attached hydrogens (tertiary/aromatic N) is 3. The topological polar surface area (TPSA) is 92.3 Å². The van der Waals surface area contributed by atoms with Crippen LogP contribution in [0.2, 0.25) is 0 Å². The maximum atomic E-state index is 12.0. The van der Waals surface area contributed by atoms with Crippen LogP contribution in [0.1, 0.15) is 12.0 Å². The summed E-state index contributed by atoms with van der Waals surface area (Å²) in [5, 5.41) is 10.4. The molecule has 1 amide bonds. The fourth-order valence-electron chi connectivity index (χ4n) is 3.11. The van der Waals surface area contributed by atoms with Gasteiger partial charge in [-0.15, -0.1) is 0 Å². The fraction of sp³-hybridized carbons (Fsp3) is 0.190. The molecule has 0 radical (unpaired) electrons. The number of anilines is 1. The van der Waals surface area contributed by atoms with Gasteiger partial charge in [0.25, 0.3) is 5.91 Å². The summed E-state index contributed by atoms with van der Waals surface area (Å²) in [7, 11) is 1.66. The van der Waals surface area contributed by atoms with Crippen molar-refractivity contribution in [3.63, 3.8) is 0 Å². The molecule has 3 N–H and O–H groups in total. The van der Waals surface area contributed by atoms with Crippen molar-refractivity contribution in [3.05, 3.63) is 54.2 Å². The Kier molecular flexibility index (Phi) is 4.02. The Hall–Kier alpha value is -3.43. The number of carbonyl (C=O) groups excluding carboxylic acids is 1. The Morgan fingerprint density at radius 1 is 1.26 bits per heavy atom. The number of aliphatic hydroxyl groups is 1. The van der Waals surface area contributed by atoms with Gasteiger partial charge in [-0.3, -0.25) is 9.78 Å². The Balaban J connectivity index is 1.69. The number of fused-ring (bicyclic) bond motifs is 1. The van der Waals surface area contributed by atoms with Crippen molar-refractivity contribution >= 4 is 22.6 Å². The van der Waals surface area contributed by atoms with Crippen LogP contribution in [0, 0.1) is 11.8 Å². The molecule has 1 fully saturated rings. The number of nitrogens with two attached hydrogens (primary N) is 1. The van der Waals surface area contributed by atoms with E-state index in [2.05, 4.69) is 21.8 Å². The fourth-order valence-corrected chi connectivity index (χ4v) is 3.11. The molecule has 0 spiro atoms. The maximum Gasteiger partial charge on any atom is 0.267 e. The highest BCUT2D eigenvalue weighted by Gasteiger charge is 2.42. The lowest BCUT2D eigenvalue weighted by Crippen LogP contribution is -2.37. The van der Waals surface area contributed by atoms with Gasteiger partial charge in [0.05, 0.1) is 16.9 Å². The van der Waals surface area contributed by atoms with Crippen molar-refractivity contribution in [1.29, 1.82) is 0 Å². The van der Waals surface area contributed by atoms with E-state index in [9.17, 15) is 9.90 Å². The molecule has 1 aromatic carbocycles. The van der Waals surface area contributed by atoms with Gasteiger partial charge < -0.3 is 15.7 Å². The van der Waals surface area contributed by atoms with E-state index in [1.165, 1.54) is 4.90 Å². The summed E-state index contributed by atoms with van der Waals surface area (Å²) in [6.07, 6.45) is 1.97. The highest BCUT2D eigenvalue weighted by Crippen LogP contribution is 2.24. The highest BCUT2D eigenvalue weighted by atomic mass is 16.3. The summed E-state index contributed by atoms with van der Waals surface area (Å²) in [5.74, 6) is 5.30. The van der Waals surface area contributed by atoms with Crippen LogP contribution in [-0.2, 0) is 4.79 Å². The van der Waals surface area contributed by atoms with E-state index in [1.54, 1.807) is 19.3 Å². The van der Waals surface area contributed by atoms with Crippen LogP contribution in [-0.4, -0.2) is 45.1 Å². The number of nitrogen functional groups attached to an aromatic ring is 1. The van der Waals surface area contributed by atoms with Crippen molar-refractivity contribution in [2.75, 3.05) is 19.3 Å². The number of aromatic nitrogens is 2. The summed E-state index contributed by atoms with van der Waals surface area (Å²) in [6, 6.07) is 13.0. The first kappa shape index (κ1) is 17.0. The number of hydrogen-bond donors (Lipinski definition) is 2. The molecule has 27 heavy (non-hydrogen) atoms. The molecular weight excluding hydrogens is 340 g/mol. The third-order valence-electron chi connectivity index (χ3n) is 4.70. The second-order valence-electron chi connectivity index (χ2n) is 6.63. The molecule has 1 atom stereocenters. The Bertz CT molecular complexity index is 1120. The van der Waals surface area contributed by atoms with Gasteiger partial charge in [-0.1, -0.05) is 24.0 Å². The van der Waals surface area contributed by atoms with Crippen molar-refractivity contribution in [2.24, 2.45) is 0 Å². The predicted octanol–water partition coefficient (Wildman–Crippen LogP) is 1.82. The molecular formula is C21H18N4O2. The zero-order valence-corrected chi connectivity index (χ0v) is 14.8.